The molecule has 0 aromatic heterocycles. The Bertz CT molecular complexity index is 751. The lowest BCUT2D eigenvalue weighted by Gasteiger charge is -2.32. The van der Waals surface area contributed by atoms with Crippen LogP contribution in [0.25, 0.3) is 0 Å². The lowest BCUT2D eigenvalue weighted by molar-refractivity contribution is -0.126. The fourth-order valence-electron chi connectivity index (χ4n) is 4.06. The van der Waals surface area contributed by atoms with Gasteiger partial charge in [0.25, 0.3) is 0 Å². The van der Waals surface area contributed by atoms with E-state index < -0.39 is 10.0 Å². The van der Waals surface area contributed by atoms with Crippen LogP contribution in [0.2, 0.25) is 0 Å². The predicted molar refractivity (Wildman–Crippen MR) is 108 cm³/mol. The molecular weight excluding hydrogens is 362 g/mol. The summed E-state index contributed by atoms with van der Waals surface area (Å²) in [5.41, 5.74) is 2.73. The second kappa shape index (κ2) is 9.06. The normalized spacial score (nSPS) is 20.9. The van der Waals surface area contributed by atoms with Crippen LogP contribution in [0.3, 0.4) is 0 Å². The second-order valence-electron chi connectivity index (χ2n) is 7.46. The number of carbonyl (C=O) groups excluding carboxylic acids is 1. The van der Waals surface area contributed by atoms with Crippen LogP contribution in [-0.4, -0.2) is 57.1 Å². The number of fused-ring (bicyclic) bond motifs is 1. The summed E-state index contributed by atoms with van der Waals surface area (Å²) >= 11 is 0. The van der Waals surface area contributed by atoms with E-state index in [1.54, 1.807) is 6.92 Å². The van der Waals surface area contributed by atoms with Crippen molar-refractivity contribution < 1.29 is 13.2 Å². The number of nitrogens with one attached hydrogen (secondary N) is 1. The van der Waals surface area contributed by atoms with E-state index in [9.17, 15) is 13.2 Å². The molecule has 0 bridgehead atoms. The van der Waals surface area contributed by atoms with Crippen molar-refractivity contribution >= 4 is 21.6 Å². The largest absolute Gasteiger partial charge is 0.371 e. The minimum Gasteiger partial charge on any atom is -0.371 e. The number of hydrogen-bond donors (Lipinski definition) is 1. The lowest BCUT2D eigenvalue weighted by atomic mass is 9.99. The Morgan fingerprint density at radius 2 is 2.04 bits per heavy atom. The molecule has 6 nitrogen and oxygen atoms in total. The third-order valence-corrected chi connectivity index (χ3v) is 7.47. The molecule has 0 saturated carbocycles. The Morgan fingerprint density at radius 1 is 1.22 bits per heavy atom. The SMILES string of the molecule is CCS(=O)(=O)N1CCC[C@H](C(=O)NCCCN2CCCc3ccccc32)C1. The van der Waals surface area contributed by atoms with Crippen LogP contribution in [0, 0.1) is 5.92 Å². The number of rotatable bonds is 7. The molecule has 0 radical (unpaired) electrons. The van der Waals surface area contributed by atoms with Crippen LogP contribution < -0.4 is 10.2 Å². The maximum Gasteiger partial charge on any atom is 0.224 e. The number of aryl methyl sites for hydroxylation is 1. The number of amides is 1. The summed E-state index contributed by atoms with van der Waals surface area (Å²) in [6.07, 6.45) is 4.72. The standard InChI is InChI=1S/C20H31N3O3S/c1-2-27(25,26)23-15-6-10-18(16-23)20(24)21-12-7-14-22-13-5-9-17-8-3-4-11-19(17)22/h3-4,8,11,18H,2,5-7,9-10,12-16H2,1H3,(H,21,24)/t18-/m0/s1. The molecule has 1 atom stereocenters. The zero-order valence-corrected chi connectivity index (χ0v) is 17.0. The molecule has 3 rings (SSSR count). The fourth-order valence-corrected chi connectivity index (χ4v) is 5.24. The number of benzene rings is 1. The third kappa shape index (κ3) is 5.02. The molecule has 0 unspecified atom stereocenters. The molecule has 1 N–H and O–H groups in total. The molecule has 0 aliphatic carbocycles. The zero-order chi connectivity index (χ0) is 19.3. The summed E-state index contributed by atoms with van der Waals surface area (Å²) in [5, 5.41) is 3.02. The number of nitrogens with zero attached hydrogens (tertiary/aromatic N) is 2. The van der Waals surface area contributed by atoms with E-state index in [1.807, 2.05) is 0 Å². The van der Waals surface area contributed by atoms with Crippen molar-refractivity contribution in [2.45, 2.75) is 39.0 Å². The maximum atomic E-state index is 12.5. The quantitative estimate of drug-likeness (QED) is 0.720. The van der Waals surface area contributed by atoms with E-state index >= 15 is 0 Å². The predicted octanol–water partition coefficient (Wildman–Crippen LogP) is 2.01. The van der Waals surface area contributed by atoms with Gasteiger partial charge in [-0.15, -0.1) is 0 Å². The average molecular weight is 394 g/mol. The van der Waals surface area contributed by atoms with Crippen molar-refractivity contribution in [1.29, 1.82) is 0 Å². The Morgan fingerprint density at radius 3 is 2.85 bits per heavy atom. The number of para-hydroxylation sites is 1. The van der Waals surface area contributed by atoms with E-state index in [1.165, 1.54) is 22.0 Å². The highest BCUT2D eigenvalue weighted by molar-refractivity contribution is 7.89. The van der Waals surface area contributed by atoms with Gasteiger partial charge in [-0.3, -0.25) is 4.79 Å². The van der Waals surface area contributed by atoms with Crippen LogP contribution in [0.1, 0.15) is 38.2 Å². The van der Waals surface area contributed by atoms with E-state index in [-0.39, 0.29) is 17.6 Å². The Balaban J connectivity index is 1.44. The van der Waals surface area contributed by atoms with Gasteiger partial charge in [0, 0.05) is 38.4 Å². The van der Waals surface area contributed by atoms with Crippen molar-refractivity contribution in [1.82, 2.24) is 9.62 Å². The average Bonchev–Trinajstić information content (AvgIpc) is 2.71. The summed E-state index contributed by atoms with van der Waals surface area (Å²) in [6.45, 7) is 5.14. The van der Waals surface area contributed by atoms with Crippen LogP contribution in [0.15, 0.2) is 24.3 Å². The molecule has 27 heavy (non-hydrogen) atoms. The molecule has 1 saturated heterocycles. The molecule has 2 heterocycles. The highest BCUT2D eigenvalue weighted by Crippen LogP contribution is 2.26. The molecule has 1 aromatic carbocycles. The van der Waals surface area contributed by atoms with E-state index in [2.05, 4.69) is 34.5 Å². The van der Waals surface area contributed by atoms with Gasteiger partial charge in [0.1, 0.15) is 0 Å². The van der Waals surface area contributed by atoms with Crippen molar-refractivity contribution in [3.05, 3.63) is 29.8 Å². The van der Waals surface area contributed by atoms with Crippen LogP contribution in [0.5, 0.6) is 0 Å². The first kappa shape index (κ1) is 20.1. The molecule has 1 amide bonds. The van der Waals surface area contributed by atoms with Gasteiger partial charge < -0.3 is 10.2 Å². The van der Waals surface area contributed by atoms with E-state index in [0.717, 1.165) is 38.8 Å². The molecule has 1 aromatic rings. The number of sulfonamides is 1. The first-order valence-electron chi connectivity index (χ1n) is 10.1. The van der Waals surface area contributed by atoms with Gasteiger partial charge in [-0.2, -0.15) is 0 Å². The van der Waals surface area contributed by atoms with E-state index in [4.69, 9.17) is 0 Å². The van der Waals surface area contributed by atoms with Gasteiger partial charge in [-0.05, 0) is 50.7 Å². The van der Waals surface area contributed by atoms with Crippen molar-refractivity contribution in [2.24, 2.45) is 5.92 Å². The topological polar surface area (TPSA) is 69.7 Å². The smallest absolute Gasteiger partial charge is 0.224 e. The first-order valence-corrected chi connectivity index (χ1v) is 11.7. The van der Waals surface area contributed by atoms with Gasteiger partial charge in [-0.25, -0.2) is 12.7 Å². The summed E-state index contributed by atoms with van der Waals surface area (Å²) in [4.78, 5) is 14.9. The Labute approximate surface area is 163 Å². The van der Waals surface area contributed by atoms with Gasteiger partial charge in [0.15, 0.2) is 0 Å². The fraction of sp³-hybridized carbons (Fsp3) is 0.650. The van der Waals surface area contributed by atoms with Crippen LogP contribution in [0.4, 0.5) is 5.69 Å². The number of carbonyl (C=O) groups is 1. The zero-order valence-electron chi connectivity index (χ0n) is 16.2. The van der Waals surface area contributed by atoms with Crippen LogP contribution >= 0.6 is 0 Å². The third-order valence-electron chi connectivity index (χ3n) is 5.62. The molecule has 150 valence electrons. The highest BCUT2D eigenvalue weighted by atomic mass is 32.2. The molecule has 2 aliphatic rings. The molecule has 2 aliphatic heterocycles. The minimum atomic E-state index is -3.21. The number of anilines is 1. The minimum absolute atomic E-state index is 0.00922. The Kier molecular flexibility index (Phi) is 6.76. The van der Waals surface area contributed by atoms with Crippen molar-refractivity contribution in [3.8, 4) is 0 Å². The summed E-state index contributed by atoms with van der Waals surface area (Å²) in [5.74, 6) is -0.139. The van der Waals surface area contributed by atoms with Crippen LogP contribution in [-0.2, 0) is 21.2 Å². The molecule has 7 heteroatoms. The van der Waals surface area contributed by atoms with Gasteiger partial charge >= 0.3 is 0 Å². The molecule has 1 fully saturated rings. The highest BCUT2D eigenvalue weighted by Gasteiger charge is 2.31. The number of piperidine rings is 1. The lowest BCUT2D eigenvalue weighted by Crippen LogP contribution is -2.46. The van der Waals surface area contributed by atoms with Gasteiger partial charge in [0.2, 0.25) is 15.9 Å². The second-order valence-corrected chi connectivity index (χ2v) is 9.72. The molecule has 0 spiro atoms. The molecular formula is C20H31N3O3S. The Hall–Kier alpha value is -1.60. The van der Waals surface area contributed by atoms with Gasteiger partial charge in [-0.1, -0.05) is 18.2 Å². The summed E-state index contributed by atoms with van der Waals surface area (Å²) in [6, 6.07) is 8.55. The summed E-state index contributed by atoms with van der Waals surface area (Å²) < 4.78 is 25.6. The van der Waals surface area contributed by atoms with Crippen molar-refractivity contribution in [2.75, 3.05) is 43.4 Å². The first-order chi connectivity index (χ1) is 13.0. The monoisotopic (exact) mass is 393 g/mol. The van der Waals surface area contributed by atoms with Crippen molar-refractivity contribution in [3.63, 3.8) is 0 Å². The van der Waals surface area contributed by atoms with E-state index in [0.29, 0.717) is 19.6 Å². The maximum absolute atomic E-state index is 12.5. The number of hydrogen-bond acceptors (Lipinski definition) is 4. The van der Waals surface area contributed by atoms with Gasteiger partial charge in [0.05, 0.1) is 11.7 Å². The summed E-state index contributed by atoms with van der Waals surface area (Å²) in [7, 11) is -3.21.